The maximum Gasteiger partial charge on any atom is 0.459 e. The Hall–Kier alpha value is -3.12. The van der Waals surface area contributed by atoms with E-state index in [1.165, 1.54) is 18.6 Å². The third kappa shape index (κ3) is 7.43. The Bertz CT molecular complexity index is 1900. The topological polar surface area (TPSA) is 202 Å². The van der Waals surface area contributed by atoms with Crippen molar-refractivity contribution in [1.29, 1.82) is 0 Å². The molecule has 0 radical (unpaired) electrons. The van der Waals surface area contributed by atoms with Gasteiger partial charge >= 0.3 is 13.7 Å². The Labute approximate surface area is 302 Å². The van der Waals surface area contributed by atoms with Crippen LogP contribution in [0.1, 0.15) is 59.1 Å². The summed E-state index contributed by atoms with van der Waals surface area (Å²) in [5.41, 5.74) is 4.50. The molecule has 2 fully saturated rings. The van der Waals surface area contributed by atoms with Crippen molar-refractivity contribution in [3.8, 4) is 11.6 Å². The summed E-state index contributed by atoms with van der Waals surface area (Å²) in [7, 11) is -3.01. The molecule has 50 heavy (non-hydrogen) atoms. The summed E-state index contributed by atoms with van der Waals surface area (Å²) < 4.78 is 46.2. The number of imidazole rings is 1. The first-order chi connectivity index (χ1) is 23.8. The summed E-state index contributed by atoms with van der Waals surface area (Å²) >= 11 is 1.94. The smallest absolute Gasteiger partial charge is 0.459 e. The van der Waals surface area contributed by atoms with Gasteiger partial charge in [-0.1, -0.05) is 56.7 Å². The van der Waals surface area contributed by atoms with Gasteiger partial charge in [-0.2, -0.15) is 15.1 Å². The first-order valence-corrected chi connectivity index (χ1v) is 19.1. The Morgan fingerprint density at radius 3 is 2.60 bits per heavy atom. The summed E-state index contributed by atoms with van der Waals surface area (Å²) in [6, 6.07) is 11.7. The highest BCUT2D eigenvalue weighted by molar-refractivity contribution is 14.1. The molecule has 6 rings (SSSR count). The highest BCUT2D eigenvalue weighted by atomic mass is 127. The predicted molar refractivity (Wildman–Crippen MR) is 192 cm³/mol. The second kappa shape index (κ2) is 14.9. The molecule has 15 nitrogen and oxygen atoms in total. The molecule has 2 aromatic heterocycles. The van der Waals surface area contributed by atoms with Crippen LogP contribution in [-0.2, 0) is 23.4 Å². The Kier molecular flexibility index (Phi) is 10.9. The number of aromatic nitrogens is 4. The van der Waals surface area contributed by atoms with Crippen LogP contribution in [0.25, 0.3) is 21.9 Å². The average molecular weight is 825 g/mol. The highest BCUT2D eigenvalue weighted by Crippen LogP contribution is 2.49. The van der Waals surface area contributed by atoms with Crippen molar-refractivity contribution >= 4 is 64.2 Å². The number of anilines is 1. The zero-order valence-corrected chi connectivity index (χ0v) is 31.2. The number of carbonyl (C=O) groups excluding carboxylic acids is 1. The Balaban J connectivity index is 1.29. The van der Waals surface area contributed by atoms with Gasteiger partial charge in [-0.05, 0) is 50.0 Å². The monoisotopic (exact) mass is 824 g/mol. The molecule has 270 valence electrons. The molecule has 2 unspecified atom stereocenters. The van der Waals surface area contributed by atoms with Gasteiger partial charge in [-0.3, -0.25) is 13.9 Å². The second-order valence-corrected chi connectivity index (χ2v) is 15.8. The highest BCUT2D eigenvalue weighted by Gasteiger charge is 2.55. The number of carbonyl (C=O) groups is 1. The molecule has 2 aromatic carbocycles. The van der Waals surface area contributed by atoms with Crippen molar-refractivity contribution in [3.05, 3.63) is 46.3 Å². The number of fused-ring (bicyclic) bond motifs is 2. The van der Waals surface area contributed by atoms with Gasteiger partial charge in [-0.15, -0.1) is 0 Å². The van der Waals surface area contributed by atoms with Crippen LogP contribution in [0.3, 0.4) is 0 Å². The molecule has 0 bridgehead atoms. The molecule has 17 heteroatoms. The lowest BCUT2D eigenvalue weighted by Gasteiger charge is -2.30. The average Bonchev–Trinajstić information content (AvgIpc) is 3.52. The Morgan fingerprint density at radius 2 is 1.88 bits per heavy atom. The molecule has 1 aliphatic carbocycles. The molecule has 1 saturated heterocycles. The zero-order valence-electron chi connectivity index (χ0n) is 28.2. The largest absolute Gasteiger partial charge is 0.479 e. The number of esters is 1. The number of aliphatic hydroxyl groups is 2. The van der Waals surface area contributed by atoms with Crippen LogP contribution in [-0.4, -0.2) is 79.4 Å². The summed E-state index contributed by atoms with van der Waals surface area (Å²) in [5, 5.41) is 27.4. The number of nitrogens with zero attached hydrogens (tertiary/aromatic N) is 4. The van der Waals surface area contributed by atoms with Gasteiger partial charge in [-0.25, -0.2) is 9.55 Å². The lowest BCUT2D eigenvalue weighted by atomic mass is 9.96. The van der Waals surface area contributed by atoms with Gasteiger partial charge in [0.1, 0.15) is 35.7 Å². The molecule has 6 atom stereocenters. The van der Waals surface area contributed by atoms with Crippen molar-refractivity contribution < 1.29 is 42.8 Å². The zero-order chi connectivity index (χ0) is 35.8. The van der Waals surface area contributed by atoms with E-state index in [0.717, 1.165) is 37.5 Å². The first-order valence-electron chi connectivity index (χ1n) is 16.5. The standard InChI is InChI=1S/C33H42IN6O9P/c1-18(2)24(29(42)47-20-13-6-5-7-14-20)39-50(44,49-22-16-10-12-19-11-8-9-15-21(19)22)46-17-23-26(41)33(3,43)30(48-23)40-27-25(36-31(40)34)28(45-4)38-32(35)37-27/h8-12,15-16,18,20,23-24,26,30,41,43H,5-7,13-14,17H2,1-4H3,(H,39,44)(H2,35,37,38)/t23-,24+,26-,30?,33-,50?/m1/s1. The van der Waals surface area contributed by atoms with Crippen molar-refractivity contribution in [2.45, 2.75) is 89.1 Å². The summed E-state index contributed by atoms with van der Waals surface area (Å²) in [6.07, 6.45) is 0.366. The quantitative estimate of drug-likeness (QED) is 0.0652. The maximum absolute atomic E-state index is 14.8. The van der Waals surface area contributed by atoms with E-state index in [2.05, 4.69) is 20.0 Å². The van der Waals surface area contributed by atoms with Crippen molar-refractivity contribution in [1.82, 2.24) is 24.6 Å². The van der Waals surface area contributed by atoms with E-state index in [4.69, 9.17) is 29.0 Å². The number of nitrogens with two attached hydrogens (primary N) is 1. The molecular formula is C33H42IN6O9P. The lowest BCUT2D eigenvalue weighted by molar-refractivity contribution is -0.153. The van der Waals surface area contributed by atoms with Gasteiger partial charge in [0.25, 0.3) is 0 Å². The molecular weight excluding hydrogens is 782 g/mol. The van der Waals surface area contributed by atoms with Crippen LogP contribution in [0.15, 0.2) is 42.5 Å². The number of methoxy groups -OCH3 is 1. The minimum atomic E-state index is -4.43. The van der Waals surface area contributed by atoms with Crippen LogP contribution in [0, 0.1) is 9.75 Å². The maximum atomic E-state index is 14.8. The molecule has 0 spiro atoms. The summed E-state index contributed by atoms with van der Waals surface area (Å²) in [5.74, 6) is -0.632. The normalized spacial score (nSPS) is 24.8. The SMILES string of the molecule is COc1nc(N)nc2c1nc(I)n2C1O[C@H](COP(=O)(N[C@H](C(=O)OC2CCCCC2)C(C)C)Oc2cccc3ccccc23)[C@@H](O)[C@@]1(C)O. The Morgan fingerprint density at radius 1 is 1.16 bits per heavy atom. The van der Waals surface area contributed by atoms with Crippen molar-refractivity contribution in [3.63, 3.8) is 0 Å². The fourth-order valence-corrected chi connectivity index (χ4v) is 8.78. The number of aliphatic hydroxyl groups excluding tert-OH is 1. The van der Waals surface area contributed by atoms with Gasteiger partial charge in [0.05, 0.1) is 13.7 Å². The van der Waals surface area contributed by atoms with E-state index in [-0.39, 0.29) is 40.8 Å². The number of ether oxygens (including phenoxy) is 3. The number of nitrogens with one attached hydrogen (secondary N) is 1. The number of hydrogen-bond acceptors (Lipinski definition) is 13. The second-order valence-electron chi connectivity index (χ2n) is 13.1. The minimum absolute atomic E-state index is 0.0933. The molecule has 1 aliphatic heterocycles. The van der Waals surface area contributed by atoms with E-state index in [1.807, 2.05) is 52.9 Å². The van der Waals surface area contributed by atoms with E-state index < -0.39 is 50.4 Å². The number of nitrogen functional groups attached to an aromatic ring is 1. The number of benzene rings is 2. The fourth-order valence-electron chi connectivity index (χ4n) is 6.37. The van der Waals surface area contributed by atoms with Gasteiger partial charge in [0.2, 0.25) is 11.8 Å². The predicted octanol–water partition coefficient (Wildman–Crippen LogP) is 4.88. The molecule has 5 N–H and O–H groups in total. The molecule has 1 saturated carbocycles. The molecule has 2 aliphatic rings. The van der Waals surface area contributed by atoms with Crippen LogP contribution < -0.4 is 20.1 Å². The third-order valence-electron chi connectivity index (χ3n) is 9.09. The number of rotatable bonds is 12. The number of hydrogen-bond donors (Lipinski definition) is 4. The van der Waals surface area contributed by atoms with Crippen LogP contribution in [0.5, 0.6) is 11.6 Å². The van der Waals surface area contributed by atoms with Crippen LogP contribution >= 0.6 is 30.3 Å². The first kappa shape index (κ1) is 36.7. The molecule has 0 amide bonds. The van der Waals surface area contributed by atoms with E-state index in [0.29, 0.717) is 9.22 Å². The minimum Gasteiger partial charge on any atom is -0.479 e. The van der Waals surface area contributed by atoms with Gasteiger partial charge < -0.3 is 34.7 Å². The van der Waals surface area contributed by atoms with Crippen LogP contribution in [0.4, 0.5) is 5.95 Å². The number of halogens is 1. The fraction of sp³-hybridized carbons (Fsp3) is 0.515. The molecule has 4 aromatic rings. The van der Waals surface area contributed by atoms with E-state index >= 15 is 0 Å². The third-order valence-corrected chi connectivity index (χ3v) is 11.4. The van der Waals surface area contributed by atoms with Gasteiger partial charge in [0.15, 0.2) is 21.2 Å². The van der Waals surface area contributed by atoms with Crippen molar-refractivity contribution in [2.24, 2.45) is 5.92 Å². The van der Waals surface area contributed by atoms with Crippen molar-refractivity contribution in [2.75, 3.05) is 19.5 Å². The summed E-state index contributed by atoms with van der Waals surface area (Å²) in [4.78, 5) is 26.4. The molecule has 3 heterocycles. The summed E-state index contributed by atoms with van der Waals surface area (Å²) in [6.45, 7) is 4.49. The lowest BCUT2D eigenvalue weighted by Crippen LogP contribution is -2.45. The van der Waals surface area contributed by atoms with Crippen LogP contribution in [0.2, 0.25) is 0 Å². The van der Waals surface area contributed by atoms with Gasteiger partial charge in [0, 0.05) is 28.0 Å². The van der Waals surface area contributed by atoms with E-state index in [1.54, 1.807) is 26.0 Å². The van der Waals surface area contributed by atoms with E-state index in [9.17, 15) is 19.6 Å².